The second kappa shape index (κ2) is 9.06. The summed E-state index contributed by atoms with van der Waals surface area (Å²) < 4.78 is 0. The Bertz CT molecular complexity index is 1220. The van der Waals surface area contributed by atoms with E-state index in [1.165, 1.54) is 0 Å². The molecule has 0 aliphatic rings. The smallest absolute Gasteiger partial charge is 0.255 e. The lowest BCUT2D eigenvalue weighted by atomic mass is 10.1. The third-order valence-electron chi connectivity index (χ3n) is 5.25. The number of amides is 1. The minimum Gasteiger partial charge on any atom is -0.363 e. The first-order valence-electron chi connectivity index (χ1n) is 10.5. The first-order valence-corrected chi connectivity index (χ1v) is 10.5. The van der Waals surface area contributed by atoms with E-state index in [-0.39, 0.29) is 5.91 Å². The number of hydrogen-bond acceptors (Lipinski definition) is 5. The SMILES string of the molecule is CN(C)c1cc(N(C)C)nc(Cc2ccc(NC(=O)c3ccc4ccccc4c3)cc2)n1. The van der Waals surface area contributed by atoms with E-state index in [4.69, 9.17) is 0 Å². The van der Waals surface area contributed by atoms with Crippen LogP contribution in [0.15, 0.2) is 72.8 Å². The quantitative estimate of drug-likeness (QED) is 0.489. The van der Waals surface area contributed by atoms with Gasteiger partial charge in [0.15, 0.2) is 0 Å². The van der Waals surface area contributed by atoms with E-state index in [1.807, 2.05) is 111 Å². The molecule has 3 aromatic carbocycles. The average molecular weight is 426 g/mol. The number of aromatic nitrogens is 2. The maximum absolute atomic E-state index is 12.7. The fraction of sp³-hybridized carbons (Fsp3) is 0.192. The molecule has 1 amide bonds. The molecule has 4 aromatic rings. The lowest BCUT2D eigenvalue weighted by Gasteiger charge is -2.17. The first-order chi connectivity index (χ1) is 15.4. The van der Waals surface area contributed by atoms with Crippen molar-refractivity contribution in [2.75, 3.05) is 43.3 Å². The standard InChI is InChI=1S/C26H27N5O/c1-30(2)24-17-25(31(3)4)29-23(28-24)15-18-9-13-22(14-10-18)27-26(32)21-12-11-19-7-5-6-8-20(19)16-21/h5-14,16-17H,15H2,1-4H3,(H,27,32). The van der Waals surface area contributed by atoms with Crippen molar-refractivity contribution in [1.29, 1.82) is 0 Å². The number of anilines is 3. The molecule has 0 unspecified atom stereocenters. The van der Waals surface area contributed by atoms with Crippen LogP contribution < -0.4 is 15.1 Å². The summed E-state index contributed by atoms with van der Waals surface area (Å²) in [6.07, 6.45) is 0.613. The van der Waals surface area contributed by atoms with Gasteiger partial charge in [0.25, 0.3) is 5.91 Å². The Morgan fingerprint density at radius 1 is 0.781 bits per heavy atom. The molecule has 0 aliphatic heterocycles. The number of rotatable bonds is 6. The van der Waals surface area contributed by atoms with E-state index >= 15 is 0 Å². The number of fused-ring (bicyclic) bond motifs is 1. The minimum absolute atomic E-state index is 0.124. The van der Waals surface area contributed by atoms with Crippen molar-refractivity contribution < 1.29 is 4.79 Å². The summed E-state index contributed by atoms with van der Waals surface area (Å²) >= 11 is 0. The molecule has 0 atom stereocenters. The zero-order valence-electron chi connectivity index (χ0n) is 18.8. The third kappa shape index (κ3) is 4.86. The van der Waals surface area contributed by atoms with Crippen LogP contribution in [0, 0.1) is 0 Å². The molecule has 1 N–H and O–H groups in total. The van der Waals surface area contributed by atoms with E-state index in [1.54, 1.807) is 0 Å². The molecule has 32 heavy (non-hydrogen) atoms. The Hall–Kier alpha value is -3.93. The first kappa shape index (κ1) is 21.3. The molecule has 162 valence electrons. The lowest BCUT2D eigenvalue weighted by Crippen LogP contribution is -2.17. The maximum atomic E-state index is 12.7. The molecule has 6 heteroatoms. The summed E-state index contributed by atoms with van der Waals surface area (Å²) in [5.41, 5.74) is 2.47. The fourth-order valence-corrected chi connectivity index (χ4v) is 3.43. The third-order valence-corrected chi connectivity index (χ3v) is 5.25. The van der Waals surface area contributed by atoms with Gasteiger partial charge in [-0.25, -0.2) is 9.97 Å². The summed E-state index contributed by atoms with van der Waals surface area (Å²) in [4.78, 5) is 26.0. The largest absolute Gasteiger partial charge is 0.363 e. The number of benzene rings is 3. The minimum atomic E-state index is -0.124. The molecular formula is C26H27N5O. The van der Waals surface area contributed by atoms with E-state index in [2.05, 4.69) is 15.3 Å². The van der Waals surface area contributed by atoms with E-state index < -0.39 is 0 Å². The number of nitrogens with one attached hydrogen (secondary N) is 1. The summed E-state index contributed by atoms with van der Waals surface area (Å²) in [6, 6.07) is 23.5. The topological polar surface area (TPSA) is 61.4 Å². The molecule has 0 radical (unpaired) electrons. The van der Waals surface area contributed by atoms with Gasteiger partial charge in [0.05, 0.1) is 0 Å². The number of hydrogen-bond donors (Lipinski definition) is 1. The average Bonchev–Trinajstić information content (AvgIpc) is 2.79. The highest BCUT2D eigenvalue weighted by molar-refractivity contribution is 6.06. The van der Waals surface area contributed by atoms with Crippen molar-refractivity contribution in [3.05, 3.63) is 89.7 Å². The second-order valence-corrected chi connectivity index (χ2v) is 8.18. The van der Waals surface area contributed by atoms with E-state index in [0.29, 0.717) is 12.0 Å². The zero-order valence-corrected chi connectivity index (χ0v) is 18.8. The molecule has 0 spiro atoms. The van der Waals surface area contributed by atoms with Crippen LogP contribution in [0.25, 0.3) is 10.8 Å². The fourth-order valence-electron chi connectivity index (χ4n) is 3.43. The Labute approximate surface area is 188 Å². The van der Waals surface area contributed by atoms with Gasteiger partial charge < -0.3 is 15.1 Å². The Kier molecular flexibility index (Phi) is 6.03. The highest BCUT2D eigenvalue weighted by Gasteiger charge is 2.10. The summed E-state index contributed by atoms with van der Waals surface area (Å²) in [5, 5.41) is 5.14. The van der Waals surface area contributed by atoms with Gasteiger partial charge in [-0.3, -0.25) is 4.79 Å². The molecule has 0 aliphatic carbocycles. The zero-order chi connectivity index (χ0) is 22.7. The van der Waals surface area contributed by atoms with Crippen LogP contribution in [0.4, 0.5) is 17.3 Å². The van der Waals surface area contributed by atoms with Gasteiger partial charge in [-0.2, -0.15) is 0 Å². The molecule has 4 rings (SSSR count). The van der Waals surface area contributed by atoms with Gasteiger partial charge in [-0.1, -0.05) is 42.5 Å². The van der Waals surface area contributed by atoms with Crippen molar-refractivity contribution in [2.24, 2.45) is 0 Å². The molecule has 0 saturated carbocycles. The van der Waals surface area contributed by atoms with E-state index in [9.17, 15) is 4.79 Å². The molecule has 0 saturated heterocycles. The maximum Gasteiger partial charge on any atom is 0.255 e. The summed E-state index contributed by atoms with van der Waals surface area (Å²) in [7, 11) is 7.88. The van der Waals surface area contributed by atoms with E-state index in [0.717, 1.165) is 39.5 Å². The molecule has 6 nitrogen and oxygen atoms in total. The van der Waals surface area contributed by atoms with Crippen LogP contribution in [0.3, 0.4) is 0 Å². The van der Waals surface area contributed by atoms with Crippen LogP contribution in [0.5, 0.6) is 0 Å². The highest BCUT2D eigenvalue weighted by Crippen LogP contribution is 2.20. The van der Waals surface area contributed by atoms with Gasteiger partial charge in [0.1, 0.15) is 17.5 Å². The predicted octanol–water partition coefficient (Wildman–Crippen LogP) is 4.60. The van der Waals surface area contributed by atoms with Crippen molar-refractivity contribution >= 4 is 34.0 Å². The lowest BCUT2D eigenvalue weighted by molar-refractivity contribution is 0.102. The van der Waals surface area contributed by atoms with Gasteiger partial charge in [0, 0.05) is 51.9 Å². The molecule has 1 heterocycles. The molecular weight excluding hydrogens is 398 g/mol. The van der Waals surface area contributed by atoms with Crippen molar-refractivity contribution in [1.82, 2.24) is 9.97 Å². The van der Waals surface area contributed by atoms with Gasteiger partial charge in [0.2, 0.25) is 0 Å². The number of carbonyl (C=O) groups excluding carboxylic acids is 1. The van der Waals surface area contributed by atoms with Crippen molar-refractivity contribution in [3.63, 3.8) is 0 Å². The van der Waals surface area contributed by atoms with Gasteiger partial charge in [-0.15, -0.1) is 0 Å². The van der Waals surface area contributed by atoms with Crippen LogP contribution in [0.1, 0.15) is 21.7 Å². The second-order valence-electron chi connectivity index (χ2n) is 8.18. The van der Waals surface area contributed by atoms with Crippen LogP contribution in [0.2, 0.25) is 0 Å². The Morgan fingerprint density at radius 3 is 2.03 bits per heavy atom. The molecule has 0 bridgehead atoms. The predicted molar refractivity (Wildman–Crippen MR) is 132 cm³/mol. The normalized spacial score (nSPS) is 10.8. The van der Waals surface area contributed by atoms with Gasteiger partial charge in [-0.05, 0) is 40.6 Å². The monoisotopic (exact) mass is 425 g/mol. The highest BCUT2D eigenvalue weighted by atomic mass is 16.1. The van der Waals surface area contributed by atoms with Crippen molar-refractivity contribution in [2.45, 2.75) is 6.42 Å². The number of nitrogens with zero attached hydrogens (tertiary/aromatic N) is 4. The Morgan fingerprint density at radius 2 is 1.41 bits per heavy atom. The van der Waals surface area contributed by atoms with Crippen molar-refractivity contribution in [3.8, 4) is 0 Å². The molecule has 0 fully saturated rings. The van der Waals surface area contributed by atoms with Gasteiger partial charge >= 0.3 is 0 Å². The Balaban J connectivity index is 1.47. The summed E-state index contributed by atoms with van der Waals surface area (Å²) in [6.45, 7) is 0. The van der Waals surface area contributed by atoms with Crippen LogP contribution in [-0.4, -0.2) is 44.1 Å². The molecule has 1 aromatic heterocycles. The summed E-state index contributed by atoms with van der Waals surface area (Å²) in [5.74, 6) is 2.38. The van der Waals surface area contributed by atoms with Crippen LogP contribution in [-0.2, 0) is 6.42 Å². The number of carbonyl (C=O) groups is 1. The van der Waals surface area contributed by atoms with Crippen LogP contribution >= 0.6 is 0 Å².